The zero-order valence-corrected chi connectivity index (χ0v) is 19.3. The number of aryl methyl sites for hydroxylation is 1. The molecule has 9 nitrogen and oxygen atoms in total. The quantitative estimate of drug-likeness (QED) is 0.243. The molecule has 0 radical (unpaired) electrons. The van der Waals surface area contributed by atoms with Gasteiger partial charge in [0.1, 0.15) is 5.75 Å². The summed E-state index contributed by atoms with van der Waals surface area (Å²) in [6.45, 7) is 14.1. The van der Waals surface area contributed by atoms with E-state index in [0.29, 0.717) is 41.9 Å². The Labute approximate surface area is 197 Å². The third kappa shape index (κ3) is 4.91. The molecule has 2 heterocycles. The zero-order chi connectivity index (χ0) is 24.1. The lowest BCUT2D eigenvalue weighted by Gasteiger charge is -2.14. The van der Waals surface area contributed by atoms with Crippen molar-refractivity contribution in [2.75, 3.05) is 6.61 Å². The molecule has 0 spiro atoms. The Bertz CT molecular complexity index is 1350. The smallest absolute Gasteiger partial charge is 0.307 e. The van der Waals surface area contributed by atoms with Gasteiger partial charge in [-0.25, -0.2) is 4.85 Å². The van der Waals surface area contributed by atoms with E-state index in [1.54, 1.807) is 36.0 Å². The number of fused-ring (bicyclic) bond motifs is 1. The summed E-state index contributed by atoms with van der Waals surface area (Å²) in [7, 11) is 0. The minimum Gasteiger partial charge on any atom is -0.502 e. The predicted octanol–water partition coefficient (Wildman–Crippen LogP) is 5.43. The second kappa shape index (κ2) is 10.2. The average molecular weight is 460 g/mol. The summed E-state index contributed by atoms with van der Waals surface area (Å²) in [5, 5.41) is 9.38. The summed E-state index contributed by atoms with van der Waals surface area (Å²) < 4.78 is 18.0. The van der Waals surface area contributed by atoms with E-state index in [4.69, 9.17) is 20.6 Å². The van der Waals surface area contributed by atoms with E-state index < -0.39 is 0 Å². The minimum atomic E-state index is -0.247. The standard InChI is InChI=1S/C25H25N5O4/c1-5-16(3)33-22-10-8-18(14-20(22)26-4)25-28-24(29-34-25)17-7-9-21-19(13-17)15-27-30(21)12-11-23(31)32-6-2/h7-10,13-16H,5-6,11-12H2,1-3H3/t16-/m1/s1. The number of hydrogen-bond donors (Lipinski definition) is 0. The molecule has 0 saturated carbocycles. The molecule has 0 bridgehead atoms. The molecular formula is C25H25N5O4. The topological polar surface area (TPSA) is 96.6 Å². The Kier molecular flexibility index (Phi) is 6.87. The average Bonchev–Trinajstić information content (AvgIpc) is 3.50. The van der Waals surface area contributed by atoms with Gasteiger partial charge in [0.05, 0.1) is 44.0 Å². The van der Waals surface area contributed by atoms with E-state index in [1.165, 1.54) is 0 Å². The maximum atomic E-state index is 11.6. The number of rotatable bonds is 9. The van der Waals surface area contributed by atoms with Crippen molar-refractivity contribution >= 4 is 22.6 Å². The van der Waals surface area contributed by atoms with Gasteiger partial charge >= 0.3 is 5.97 Å². The normalized spacial score (nSPS) is 11.8. The van der Waals surface area contributed by atoms with Crippen molar-refractivity contribution in [2.45, 2.75) is 46.3 Å². The third-order valence-corrected chi connectivity index (χ3v) is 5.39. The second-order valence-electron chi connectivity index (χ2n) is 7.75. The molecule has 0 amide bonds. The Balaban J connectivity index is 1.54. The molecule has 34 heavy (non-hydrogen) atoms. The largest absolute Gasteiger partial charge is 0.502 e. The molecule has 0 saturated heterocycles. The van der Waals surface area contributed by atoms with Crippen LogP contribution < -0.4 is 4.74 Å². The van der Waals surface area contributed by atoms with Crippen molar-refractivity contribution < 1.29 is 18.8 Å². The van der Waals surface area contributed by atoms with Crippen molar-refractivity contribution in [3.05, 3.63) is 54.0 Å². The monoisotopic (exact) mass is 459 g/mol. The van der Waals surface area contributed by atoms with Gasteiger partial charge in [0.2, 0.25) is 11.5 Å². The lowest BCUT2D eigenvalue weighted by molar-refractivity contribution is -0.143. The summed E-state index contributed by atoms with van der Waals surface area (Å²) in [5.41, 5.74) is 2.72. The molecule has 0 aliphatic carbocycles. The van der Waals surface area contributed by atoms with Crippen LogP contribution in [0.5, 0.6) is 5.75 Å². The van der Waals surface area contributed by atoms with E-state index in [-0.39, 0.29) is 18.5 Å². The van der Waals surface area contributed by atoms with Gasteiger partial charge in [0, 0.05) is 16.5 Å². The summed E-state index contributed by atoms with van der Waals surface area (Å²) >= 11 is 0. The summed E-state index contributed by atoms with van der Waals surface area (Å²) in [5.74, 6) is 1.04. The Morgan fingerprint density at radius 3 is 2.79 bits per heavy atom. The van der Waals surface area contributed by atoms with Gasteiger partial charge in [-0.1, -0.05) is 12.1 Å². The first kappa shape index (κ1) is 23.0. The Hall–Kier alpha value is -4.19. The summed E-state index contributed by atoms with van der Waals surface area (Å²) in [4.78, 5) is 19.7. The molecule has 0 aliphatic heterocycles. The van der Waals surface area contributed by atoms with Gasteiger partial charge in [0.25, 0.3) is 5.89 Å². The lowest BCUT2D eigenvalue weighted by Crippen LogP contribution is -2.09. The van der Waals surface area contributed by atoms with Crippen molar-refractivity contribution in [2.24, 2.45) is 0 Å². The maximum absolute atomic E-state index is 11.6. The maximum Gasteiger partial charge on any atom is 0.307 e. The van der Waals surface area contributed by atoms with E-state index in [9.17, 15) is 4.79 Å². The van der Waals surface area contributed by atoms with Gasteiger partial charge in [-0.15, -0.1) is 0 Å². The van der Waals surface area contributed by atoms with Crippen molar-refractivity contribution in [3.8, 4) is 28.6 Å². The molecule has 1 atom stereocenters. The number of nitrogens with zero attached hydrogens (tertiary/aromatic N) is 5. The molecule has 2 aromatic carbocycles. The number of benzene rings is 2. The van der Waals surface area contributed by atoms with Crippen molar-refractivity contribution in [3.63, 3.8) is 0 Å². The highest BCUT2D eigenvalue weighted by atomic mass is 16.5. The number of aromatic nitrogens is 4. The molecule has 4 rings (SSSR count). The Morgan fingerprint density at radius 2 is 2.03 bits per heavy atom. The summed E-state index contributed by atoms with van der Waals surface area (Å²) in [6, 6.07) is 11.0. The molecule has 0 aliphatic rings. The van der Waals surface area contributed by atoms with E-state index in [2.05, 4.69) is 20.1 Å². The van der Waals surface area contributed by atoms with Gasteiger partial charge in [-0.05, 0) is 56.7 Å². The predicted molar refractivity (Wildman–Crippen MR) is 126 cm³/mol. The number of carbonyl (C=O) groups excluding carboxylic acids is 1. The molecular weight excluding hydrogens is 434 g/mol. The van der Waals surface area contributed by atoms with Crippen LogP contribution in [0.3, 0.4) is 0 Å². The molecule has 0 fully saturated rings. The first-order valence-corrected chi connectivity index (χ1v) is 11.2. The fourth-order valence-corrected chi connectivity index (χ4v) is 3.43. The Morgan fingerprint density at radius 1 is 1.21 bits per heavy atom. The van der Waals surface area contributed by atoms with Crippen LogP contribution in [0.15, 0.2) is 47.1 Å². The molecule has 0 unspecified atom stereocenters. The van der Waals surface area contributed by atoms with Crippen LogP contribution in [-0.2, 0) is 16.1 Å². The van der Waals surface area contributed by atoms with Crippen LogP contribution >= 0.6 is 0 Å². The minimum absolute atomic E-state index is 0.0193. The van der Waals surface area contributed by atoms with Crippen LogP contribution in [-0.4, -0.2) is 38.6 Å². The SMILES string of the molecule is [C-]#[N+]c1cc(-c2nc(-c3ccc4c(cnn4CCC(=O)OCC)c3)no2)ccc1O[C@H](C)CC. The fourth-order valence-electron chi connectivity index (χ4n) is 3.43. The lowest BCUT2D eigenvalue weighted by atomic mass is 10.1. The highest BCUT2D eigenvalue weighted by molar-refractivity contribution is 5.83. The number of hydrogen-bond acceptors (Lipinski definition) is 7. The molecule has 174 valence electrons. The second-order valence-corrected chi connectivity index (χ2v) is 7.75. The van der Waals surface area contributed by atoms with Gasteiger partial charge in [-0.2, -0.15) is 10.1 Å². The molecule has 0 N–H and O–H groups in total. The molecule has 9 heteroatoms. The van der Waals surface area contributed by atoms with Crippen LogP contribution in [0.4, 0.5) is 5.69 Å². The van der Waals surface area contributed by atoms with Crippen LogP contribution in [0.2, 0.25) is 0 Å². The number of carbonyl (C=O) groups is 1. The van der Waals surface area contributed by atoms with Gasteiger partial charge in [0.15, 0.2) is 0 Å². The van der Waals surface area contributed by atoms with E-state index >= 15 is 0 Å². The van der Waals surface area contributed by atoms with E-state index in [1.807, 2.05) is 32.0 Å². The molecule has 4 aromatic rings. The zero-order valence-electron chi connectivity index (χ0n) is 19.3. The van der Waals surface area contributed by atoms with Crippen molar-refractivity contribution in [1.82, 2.24) is 19.9 Å². The van der Waals surface area contributed by atoms with Crippen LogP contribution in [0, 0.1) is 6.57 Å². The van der Waals surface area contributed by atoms with Crippen LogP contribution in [0.1, 0.15) is 33.6 Å². The fraction of sp³-hybridized carbons (Fsp3) is 0.320. The van der Waals surface area contributed by atoms with Crippen molar-refractivity contribution in [1.29, 1.82) is 0 Å². The highest BCUT2D eigenvalue weighted by Gasteiger charge is 2.15. The van der Waals surface area contributed by atoms with Crippen LogP contribution in [0.25, 0.3) is 38.6 Å². The highest BCUT2D eigenvalue weighted by Crippen LogP contribution is 2.34. The molecule has 2 aromatic heterocycles. The first-order valence-electron chi connectivity index (χ1n) is 11.2. The number of esters is 1. The summed E-state index contributed by atoms with van der Waals surface area (Å²) in [6.07, 6.45) is 2.86. The van der Waals surface area contributed by atoms with Gasteiger partial charge < -0.3 is 14.0 Å². The third-order valence-electron chi connectivity index (χ3n) is 5.39. The van der Waals surface area contributed by atoms with Gasteiger partial charge in [-0.3, -0.25) is 9.48 Å². The number of ether oxygens (including phenoxy) is 2. The first-order chi connectivity index (χ1) is 16.5. The van der Waals surface area contributed by atoms with E-state index in [0.717, 1.165) is 22.9 Å².